The second kappa shape index (κ2) is 12.0. The summed E-state index contributed by atoms with van der Waals surface area (Å²) in [5, 5.41) is 0.754. The fourth-order valence-electron chi connectivity index (χ4n) is 6.86. The number of fused-ring (bicyclic) bond motifs is 2. The highest BCUT2D eigenvalue weighted by Crippen LogP contribution is 2.46. The van der Waals surface area contributed by atoms with Crippen molar-refractivity contribution in [2.24, 2.45) is 11.8 Å². The molecule has 1 aliphatic carbocycles. The summed E-state index contributed by atoms with van der Waals surface area (Å²) in [7, 11) is 0. The van der Waals surface area contributed by atoms with E-state index in [1.807, 2.05) is 29.3 Å². The maximum atomic E-state index is 13.3. The number of hydrogen-bond acceptors (Lipinski definition) is 3. The Labute approximate surface area is 257 Å². The number of rotatable bonds is 4. The average Bonchev–Trinajstić information content (AvgIpc) is 3.44. The topological polar surface area (TPSA) is 69.3 Å². The minimum absolute atomic E-state index is 0.0502. The van der Waals surface area contributed by atoms with Crippen LogP contribution in [0.4, 0.5) is 0 Å². The number of nitrogens with zero attached hydrogens (tertiary/aromatic N) is 3. The smallest absolute Gasteiger partial charge is 0.270 e. The van der Waals surface area contributed by atoms with Gasteiger partial charge in [0, 0.05) is 64.9 Å². The van der Waals surface area contributed by atoms with Crippen molar-refractivity contribution in [1.82, 2.24) is 19.8 Å². The van der Waals surface area contributed by atoms with Crippen LogP contribution in [-0.2, 0) is 17.6 Å². The first-order chi connectivity index (χ1) is 19.4. The molecule has 1 atom stereocenters. The fourth-order valence-corrected chi connectivity index (χ4v) is 8.36. The lowest BCUT2D eigenvalue weighted by Crippen LogP contribution is -2.43. The monoisotopic (exact) mass is 686 g/mol. The number of halogens is 3. The zero-order chi connectivity index (χ0) is 27.8. The van der Waals surface area contributed by atoms with Crippen LogP contribution in [-0.4, -0.2) is 57.8 Å². The van der Waals surface area contributed by atoms with Gasteiger partial charge >= 0.3 is 0 Å². The molecule has 0 spiro atoms. The predicted octanol–water partition coefficient (Wildman–Crippen LogP) is 7.00. The standard InChI is InChI=1S/C31H33Br2ClN4O2/c32-23-15-22-4-3-21-16-24(34)17-25(33)28(21)29(30(22)36-18-23)20-7-12-37(13-8-20)27(39)14-19-5-10-38(11-6-19)31(40)26-2-1-9-35-26/h1-2,9,15-20,29,35H,3-8,10-14H2/t29-/m1/s1. The molecule has 2 aromatic heterocycles. The molecule has 4 heterocycles. The third-order valence-electron chi connectivity index (χ3n) is 8.97. The Balaban J connectivity index is 1.11. The molecule has 1 aromatic carbocycles. The van der Waals surface area contributed by atoms with Gasteiger partial charge in [0.15, 0.2) is 0 Å². The highest BCUT2D eigenvalue weighted by Gasteiger charge is 2.37. The van der Waals surface area contributed by atoms with Crippen molar-refractivity contribution in [3.8, 4) is 0 Å². The Hall–Kier alpha value is -2.16. The van der Waals surface area contributed by atoms with Gasteiger partial charge in [-0.3, -0.25) is 14.6 Å². The van der Waals surface area contributed by atoms with E-state index in [0.717, 1.165) is 71.3 Å². The van der Waals surface area contributed by atoms with Crippen LogP contribution >= 0.6 is 43.5 Å². The Bertz CT molecular complexity index is 1400. The summed E-state index contributed by atoms with van der Waals surface area (Å²) in [6.07, 6.45) is 9.79. The number of carbonyl (C=O) groups excluding carboxylic acids is 2. The third kappa shape index (κ3) is 5.77. The van der Waals surface area contributed by atoms with Crippen LogP contribution in [0.15, 0.2) is 51.7 Å². The predicted molar refractivity (Wildman–Crippen MR) is 164 cm³/mol. The second-order valence-corrected chi connectivity index (χ2v) is 13.6. The summed E-state index contributed by atoms with van der Waals surface area (Å²) in [5.41, 5.74) is 5.68. The lowest BCUT2D eigenvalue weighted by Gasteiger charge is -2.38. The number of nitrogens with one attached hydrogen (secondary N) is 1. The van der Waals surface area contributed by atoms with Crippen LogP contribution in [0.1, 0.15) is 70.9 Å². The van der Waals surface area contributed by atoms with E-state index < -0.39 is 0 Å². The molecular formula is C31H33Br2ClN4O2. The Morgan fingerprint density at radius 2 is 1.70 bits per heavy atom. The number of carbonyl (C=O) groups is 2. The van der Waals surface area contributed by atoms with Crippen LogP contribution in [0.5, 0.6) is 0 Å². The molecule has 1 N–H and O–H groups in total. The van der Waals surface area contributed by atoms with Crippen LogP contribution in [0.25, 0.3) is 0 Å². The van der Waals surface area contributed by atoms with Crippen molar-refractivity contribution in [2.75, 3.05) is 26.2 Å². The molecule has 6 rings (SSSR count). The van der Waals surface area contributed by atoms with Gasteiger partial charge in [-0.25, -0.2) is 0 Å². The number of likely N-dealkylation sites (tertiary alicyclic amines) is 2. The van der Waals surface area contributed by atoms with Gasteiger partial charge in [0.2, 0.25) is 5.91 Å². The Kier molecular flexibility index (Phi) is 8.38. The number of hydrogen-bond donors (Lipinski definition) is 1. The van der Waals surface area contributed by atoms with Gasteiger partial charge in [0.25, 0.3) is 5.91 Å². The highest BCUT2D eigenvalue weighted by atomic mass is 79.9. The Morgan fingerprint density at radius 3 is 2.42 bits per heavy atom. The molecule has 0 unspecified atom stereocenters. The van der Waals surface area contributed by atoms with E-state index in [4.69, 9.17) is 16.6 Å². The summed E-state index contributed by atoms with van der Waals surface area (Å²) in [6.45, 7) is 2.97. The molecule has 0 radical (unpaired) electrons. The SMILES string of the molecule is O=C(CC1CCN(C(=O)c2ccc[nH]2)CC1)N1CCC([C@H]2c3ncc(Br)cc3CCc3cc(Cl)cc(Br)c32)CC1. The normalized spacial score (nSPS) is 20.1. The maximum absolute atomic E-state index is 13.3. The van der Waals surface area contributed by atoms with E-state index in [2.05, 4.69) is 53.9 Å². The minimum Gasteiger partial charge on any atom is -0.357 e. The molecule has 210 valence electrons. The molecule has 2 fully saturated rings. The number of H-pyrrole nitrogens is 1. The van der Waals surface area contributed by atoms with Crippen LogP contribution in [0, 0.1) is 11.8 Å². The van der Waals surface area contributed by atoms with E-state index in [1.165, 1.54) is 16.7 Å². The first-order valence-electron chi connectivity index (χ1n) is 14.2. The summed E-state index contributed by atoms with van der Waals surface area (Å²) < 4.78 is 2.06. The molecule has 3 aliphatic rings. The van der Waals surface area contributed by atoms with Crippen molar-refractivity contribution < 1.29 is 9.59 Å². The van der Waals surface area contributed by atoms with Gasteiger partial charge in [-0.05, 0) is 113 Å². The van der Waals surface area contributed by atoms with Gasteiger partial charge in [-0.2, -0.15) is 0 Å². The van der Waals surface area contributed by atoms with Gasteiger partial charge < -0.3 is 14.8 Å². The molecule has 9 heteroatoms. The van der Waals surface area contributed by atoms with Crippen molar-refractivity contribution >= 4 is 55.3 Å². The van der Waals surface area contributed by atoms with Gasteiger partial charge in [-0.1, -0.05) is 27.5 Å². The molecule has 2 aliphatic heterocycles. The second-order valence-electron chi connectivity index (χ2n) is 11.4. The summed E-state index contributed by atoms with van der Waals surface area (Å²) in [6, 6.07) is 10.0. The van der Waals surface area contributed by atoms with Gasteiger partial charge in [0.1, 0.15) is 5.69 Å². The summed E-state index contributed by atoms with van der Waals surface area (Å²) in [4.78, 5) is 37.9. The number of piperidine rings is 2. The molecule has 2 amide bonds. The van der Waals surface area contributed by atoms with Crippen LogP contribution in [0.2, 0.25) is 5.02 Å². The van der Waals surface area contributed by atoms with E-state index in [9.17, 15) is 9.59 Å². The molecule has 3 aromatic rings. The van der Waals surface area contributed by atoms with E-state index in [1.54, 1.807) is 6.20 Å². The van der Waals surface area contributed by atoms with Crippen LogP contribution < -0.4 is 0 Å². The molecule has 40 heavy (non-hydrogen) atoms. The highest BCUT2D eigenvalue weighted by molar-refractivity contribution is 9.10. The lowest BCUT2D eigenvalue weighted by molar-refractivity contribution is -0.134. The zero-order valence-corrected chi connectivity index (χ0v) is 26.3. The van der Waals surface area contributed by atoms with Crippen molar-refractivity contribution in [3.63, 3.8) is 0 Å². The maximum Gasteiger partial charge on any atom is 0.270 e. The molecule has 0 saturated carbocycles. The fraction of sp³-hybridized carbons (Fsp3) is 0.452. The number of pyridine rings is 1. The molecule has 0 bridgehead atoms. The van der Waals surface area contributed by atoms with Crippen molar-refractivity contribution in [1.29, 1.82) is 0 Å². The summed E-state index contributed by atoms with van der Waals surface area (Å²) >= 11 is 13.9. The number of aryl methyl sites for hydroxylation is 2. The van der Waals surface area contributed by atoms with Crippen molar-refractivity contribution in [3.05, 3.63) is 84.8 Å². The van der Waals surface area contributed by atoms with E-state index in [0.29, 0.717) is 37.0 Å². The number of benzene rings is 1. The number of amides is 2. The summed E-state index contributed by atoms with van der Waals surface area (Å²) in [5.74, 6) is 1.21. The molecule has 6 nitrogen and oxygen atoms in total. The zero-order valence-electron chi connectivity index (χ0n) is 22.3. The molecular weight excluding hydrogens is 656 g/mol. The first kappa shape index (κ1) is 28.0. The number of aromatic nitrogens is 2. The van der Waals surface area contributed by atoms with Crippen molar-refractivity contribution in [2.45, 2.75) is 50.9 Å². The van der Waals surface area contributed by atoms with Gasteiger partial charge in [-0.15, -0.1) is 0 Å². The third-order valence-corrected chi connectivity index (χ3v) is 10.3. The van der Waals surface area contributed by atoms with Crippen LogP contribution in [0.3, 0.4) is 0 Å². The quantitative estimate of drug-likeness (QED) is 0.321. The average molecular weight is 689 g/mol. The largest absolute Gasteiger partial charge is 0.357 e. The van der Waals surface area contributed by atoms with Gasteiger partial charge in [0.05, 0.1) is 5.69 Å². The molecule has 2 saturated heterocycles. The van der Waals surface area contributed by atoms with E-state index in [-0.39, 0.29) is 17.7 Å². The van der Waals surface area contributed by atoms with E-state index >= 15 is 0 Å². The lowest BCUT2D eigenvalue weighted by atomic mass is 9.76. The minimum atomic E-state index is 0.0502. The number of aromatic amines is 1. The first-order valence-corrected chi connectivity index (χ1v) is 16.2. The Morgan fingerprint density at radius 1 is 0.975 bits per heavy atom.